The van der Waals surface area contributed by atoms with Crippen LogP contribution in [0.5, 0.6) is 0 Å². The highest BCUT2D eigenvalue weighted by Crippen LogP contribution is 2.20. The molecular formula is C7H14N2OS. The molecule has 1 fully saturated rings. The fourth-order valence-electron chi connectivity index (χ4n) is 1.29. The summed E-state index contributed by atoms with van der Waals surface area (Å²) < 4.78 is 0. The van der Waals surface area contributed by atoms with E-state index in [0.29, 0.717) is 11.5 Å². The maximum absolute atomic E-state index is 9.78. The van der Waals surface area contributed by atoms with Crippen LogP contribution in [0.3, 0.4) is 0 Å². The van der Waals surface area contributed by atoms with Gasteiger partial charge in [-0.15, -0.1) is 0 Å². The van der Waals surface area contributed by atoms with E-state index in [4.69, 9.17) is 12.2 Å². The first-order chi connectivity index (χ1) is 4.93. The zero-order chi connectivity index (χ0) is 8.65. The van der Waals surface area contributed by atoms with Gasteiger partial charge >= 0.3 is 0 Å². The summed E-state index contributed by atoms with van der Waals surface area (Å²) >= 11 is 5.01. The minimum absolute atomic E-state index is 0.258. The Balaban J connectivity index is 2.75. The largest absolute Gasteiger partial charge is 0.371 e. The van der Waals surface area contributed by atoms with Crippen LogP contribution in [0, 0.1) is 0 Å². The zero-order valence-corrected chi connectivity index (χ0v) is 7.90. The van der Waals surface area contributed by atoms with Gasteiger partial charge in [-0.25, -0.2) is 0 Å². The first-order valence-corrected chi connectivity index (χ1v) is 4.11. The number of thiocarbonyl (C=S) groups is 1. The van der Waals surface area contributed by atoms with Gasteiger partial charge in [0, 0.05) is 19.5 Å². The first kappa shape index (κ1) is 8.74. The minimum Gasteiger partial charge on any atom is -0.371 e. The SMILES string of the molecule is CC1CC(C)(O)N(C)C(=S)N1. The molecule has 2 N–H and O–H groups in total. The lowest BCUT2D eigenvalue weighted by Gasteiger charge is -2.43. The molecule has 3 nitrogen and oxygen atoms in total. The standard InChI is InChI=1S/C7H14N2OS/c1-5-4-7(2,10)9(3)6(11)8-5/h5,10H,4H2,1-3H3,(H,8,11). The highest BCUT2D eigenvalue weighted by Gasteiger charge is 2.34. The molecule has 1 heterocycles. The van der Waals surface area contributed by atoms with E-state index < -0.39 is 5.72 Å². The molecule has 0 aromatic rings. The van der Waals surface area contributed by atoms with E-state index in [0.717, 1.165) is 0 Å². The second-order valence-electron chi connectivity index (χ2n) is 3.33. The first-order valence-electron chi connectivity index (χ1n) is 3.70. The van der Waals surface area contributed by atoms with Crippen molar-refractivity contribution in [1.82, 2.24) is 10.2 Å². The summed E-state index contributed by atoms with van der Waals surface area (Å²) in [5, 5.41) is 13.5. The average molecular weight is 174 g/mol. The Morgan fingerprint density at radius 1 is 1.82 bits per heavy atom. The summed E-state index contributed by atoms with van der Waals surface area (Å²) in [4.78, 5) is 1.68. The molecule has 1 saturated heterocycles. The van der Waals surface area contributed by atoms with Crippen molar-refractivity contribution >= 4 is 17.3 Å². The average Bonchev–Trinajstić information content (AvgIpc) is 1.81. The molecule has 0 amide bonds. The molecule has 2 unspecified atom stereocenters. The lowest BCUT2D eigenvalue weighted by molar-refractivity contribution is -0.0638. The van der Waals surface area contributed by atoms with Crippen molar-refractivity contribution < 1.29 is 5.11 Å². The summed E-state index contributed by atoms with van der Waals surface area (Å²) in [6.45, 7) is 3.78. The van der Waals surface area contributed by atoms with Gasteiger partial charge in [0.05, 0.1) is 0 Å². The number of hydrogen-bond donors (Lipinski definition) is 2. The maximum atomic E-state index is 9.78. The van der Waals surface area contributed by atoms with Crippen LogP contribution < -0.4 is 5.32 Å². The summed E-state index contributed by atoms with van der Waals surface area (Å²) in [6.07, 6.45) is 0.698. The second kappa shape index (κ2) is 2.60. The van der Waals surface area contributed by atoms with Crippen molar-refractivity contribution in [2.24, 2.45) is 0 Å². The van der Waals surface area contributed by atoms with Crippen LogP contribution in [0.1, 0.15) is 20.3 Å². The van der Waals surface area contributed by atoms with Crippen LogP contribution in [0.15, 0.2) is 0 Å². The Hall–Kier alpha value is -0.350. The molecule has 2 atom stereocenters. The van der Waals surface area contributed by atoms with Gasteiger partial charge in [0.15, 0.2) is 5.11 Å². The Labute approximate surface area is 72.4 Å². The Kier molecular flexibility index (Phi) is 2.07. The van der Waals surface area contributed by atoms with Crippen LogP contribution in [-0.4, -0.2) is 33.9 Å². The highest BCUT2D eigenvalue weighted by atomic mass is 32.1. The molecule has 0 saturated carbocycles. The number of nitrogens with zero attached hydrogens (tertiary/aromatic N) is 1. The predicted octanol–water partition coefficient (Wildman–Crippen LogP) is 0.293. The monoisotopic (exact) mass is 174 g/mol. The Morgan fingerprint density at radius 2 is 2.36 bits per heavy atom. The zero-order valence-electron chi connectivity index (χ0n) is 7.09. The molecule has 0 aliphatic carbocycles. The molecule has 0 aromatic heterocycles. The summed E-state index contributed by atoms with van der Waals surface area (Å²) in [7, 11) is 1.79. The Morgan fingerprint density at radius 3 is 2.82 bits per heavy atom. The van der Waals surface area contributed by atoms with Crippen molar-refractivity contribution in [2.75, 3.05) is 7.05 Å². The van der Waals surface area contributed by atoms with E-state index in [1.807, 2.05) is 6.92 Å². The number of aliphatic hydroxyl groups is 1. The van der Waals surface area contributed by atoms with Gasteiger partial charge in [0.2, 0.25) is 0 Å². The van der Waals surface area contributed by atoms with Crippen LogP contribution in [0.25, 0.3) is 0 Å². The van der Waals surface area contributed by atoms with E-state index >= 15 is 0 Å². The van der Waals surface area contributed by atoms with Crippen molar-refractivity contribution in [1.29, 1.82) is 0 Å². The third-order valence-electron chi connectivity index (χ3n) is 2.09. The molecule has 64 valence electrons. The Bertz CT molecular complexity index is 181. The van der Waals surface area contributed by atoms with E-state index in [1.165, 1.54) is 0 Å². The lowest BCUT2D eigenvalue weighted by Crippen LogP contribution is -2.60. The summed E-state index contributed by atoms with van der Waals surface area (Å²) in [5.74, 6) is 0. The van der Waals surface area contributed by atoms with Crippen LogP contribution in [-0.2, 0) is 0 Å². The predicted molar refractivity (Wildman–Crippen MR) is 48.2 cm³/mol. The molecule has 0 aromatic carbocycles. The van der Waals surface area contributed by atoms with Crippen molar-refractivity contribution in [2.45, 2.75) is 32.0 Å². The topological polar surface area (TPSA) is 35.5 Å². The third kappa shape index (κ3) is 1.62. The molecule has 1 rings (SSSR count). The number of nitrogens with one attached hydrogen (secondary N) is 1. The normalized spacial score (nSPS) is 38.7. The molecular weight excluding hydrogens is 160 g/mol. The van der Waals surface area contributed by atoms with Gasteiger partial charge in [0.1, 0.15) is 5.72 Å². The van der Waals surface area contributed by atoms with Gasteiger partial charge in [0.25, 0.3) is 0 Å². The third-order valence-corrected chi connectivity index (χ3v) is 2.48. The van der Waals surface area contributed by atoms with E-state index in [1.54, 1.807) is 18.9 Å². The van der Waals surface area contributed by atoms with Gasteiger partial charge < -0.3 is 15.3 Å². The molecule has 1 aliphatic rings. The summed E-state index contributed by atoms with van der Waals surface area (Å²) in [6, 6.07) is 0.258. The number of rotatable bonds is 0. The van der Waals surface area contributed by atoms with E-state index in [-0.39, 0.29) is 6.04 Å². The van der Waals surface area contributed by atoms with Crippen LogP contribution >= 0.6 is 12.2 Å². The fraction of sp³-hybridized carbons (Fsp3) is 0.857. The van der Waals surface area contributed by atoms with Gasteiger partial charge in [-0.3, -0.25) is 0 Å². The lowest BCUT2D eigenvalue weighted by atomic mass is 10.0. The fourth-order valence-corrected chi connectivity index (χ4v) is 1.69. The smallest absolute Gasteiger partial charge is 0.171 e. The molecule has 0 spiro atoms. The molecule has 1 aliphatic heterocycles. The van der Waals surface area contributed by atoms with Gasteiger partial charge in [-0.2, -0.15) is 0 Å². The van der Waals surface area contributed by atoms with Crippen molar-refractivity contribution in [3.05, 3.63) is 0 Å². The highest BCUT2D eigenvalue weighted by molar-refractivity contribution is 7.80. The number of hydrogen-bond acceptors (Lipinski definition) is 2. The maximum Gasteiger partial charge on any atom is 0.171 e. The second-order valence-corrected chi connectivity index (χ2v) is 3.72. The quantitative estimate of drug-likeness (QED) is 0.518. The summed E-state index contributed by atoms with van der Waals surface area (Å²) in [5.41, 5.74) is -0.790. The van der Waals surface area contributed by atoms with Crippen molar-refractivity contribution in [3.8, 4) is 0 Å². The molecule has 0 bridgehead atoms. The van der Waals surface area contributed by atoms with Crippen LogP contribution in [0.4, 0.5) is 0 Å². The molecule has 4 heteroatoms. The van der Waals surface area contributed by atoms with Crippen LogP contribution in [0.2, 0.25) is 0 Å². The van der Waals surface area contributed by atoms with Gasteiger partial charge in [-0.05, 0) is 26.1 Å². The van der Waals surface area contributed by atoms with Gasteiger partial charge in [-0.1, -0.05) is 0 Å². The molecule has 11 heavy (non-hydrogen) atoms. The van der Waals surface area contributed by atoms with Crippen molar-refractivity contribution in [3.63, 3.8) is 0 Å². The van der Waals surface area contributed by atoms with E-state index in [9.17, 15) is 5.11 Å². The molecule has 0 radical (unpaired) electrons. The minimum atomic E-state index is -0.790. The van der Waals surface area contributed by atoms with E-state index in [2.05, 4.69) is 5.32 Å².